The van der Waals surface area contributed by atoms with E-state index in [9.17, 15) is 4.79 Å². The standard InChI is InChI=1S/C4H5N3O.Hg/c5-3-1-2-6-4(8)7-3;/h1-2H,(H3,5,6,7,8);/q;+1/p-1. The Kier molecular flexibility index (Phi) is 2.21. The third-order valence-electron chi connectivity index (χ3n) is 0.851. The van der Waals surface area contributed by atoms with Crippen LogP contribution in [0, 0.1) is 0 Å². The number of anilines is 1. The van der Waals surface area contributed by atoms with Crippen LogP contribution in [0.1, 0.15) is 0 Å². The molecule has 4 nitrogen and oxygen atoms in total. The molecule has 1 aromatic rings. The molecule has 0 atom stereocenters. The third-order valence-corrected chi connectivity index (χ3v) is 2.26. The molecule has 0 aromatic carbocycles. The Balaban J connectivity index is 3.08. The Labute approximate surface area is 68.1 Å². The number of aromatic amines is 1. The summed E-state index contributed by atoms with van der Waals surface area (Å²) in [6.07, 6.45) is 1.57. The summed E-state index contributed by atoms with van der Waals surface area (Å²) in [6, 6.07) is 1.73. The minimum atomic E-state index is -0.301. The van der Waals surface area contributed by atoms with E-state index in [0.717, 1.165) is 0 Å². The monoisotopic (exact) mass is 312 g/mol. The number of rotatable bonds is 1. The average molecular weight is 311 g/mol. The summed E-state index contributed by atoms with van der Waals surface area (Å²) < 4.78 is 2.93. The molecule has 5 heteroatoms. The second-order valence-corrected chi connectivity index (χ2v) is 2.83. The molecule has 2 N–H and O–H groups in total. The molecule has 0 saturated heterocycles. The summed E-state index contributed by atoms with van der Waals surface area (Å²) in [5.41, 5.74) is -0.301. The van der Waals surface area contributed by atoms with E-state index in [1.807, 2.05) is 0 Å². The molecular weight excluding hydrogens is 307 g/mol. The molecule has 0 bridgehead atoms. The van der Waals surface area contributed by atoms with Crippen molar-refractivity contribution in [3.8, 4) is 0 Å². The van der Waals surface area contributed by atoms with E-state index >= 15 is 0 Å². The van der Waals surface area contributed by atoms with Crippen molar-refractivity contribution in [1.82, 2.24) is 9.97 Å². The van der Waals surface area contributed by atoms with Crippen molar-refractivity contribution in [3.05, 3.63) is 22.7 Å². The van der Waals surface area contributed by atoms with Gasteiger partial charge in [0.2, 0.25) is 0 Å². The van der Waals surface area contributed by atoms with Gasteiger partial charge in [-0.05, 0) is 0 Å². The van der Waals surface area contributed by atoms with E-state index in [4.69, 9.17) is 0 Å². The van der Waals surface area contributed by atoms with Crippen LogP contribution in [0.3, 0.4) is 0 Å². The van der Waals surface area contributed by atoms with Gasteiger partial charge in [0.15, 0.2) is 0 Å². The van der Waals surface area contributed by atoms with Crippen LogP contribution in [0.15, 0.2) is 17.1 Å². The fraction of sp³-hybridized carbons (Fsp3) is 0. The zero-order valence-corrected chi connectivity index (χ0v) is 10.2. The Morgan fingerprint density at radius 1 is 1.78 bits per heavy atom. The van der Waals surface area contributed by atoms with Crippen molar-refractivity contribution in [1.29, 1.82) is 0 Å². The predicted octanol–water partition coefficient (Wildman–Crippen LogP) is -0.356. The van der Waals surface area contributed by atoms with E-state index in [0.29, 0.717) is 32.2 Å². The second kappa shape index (κ2) is 2.96. The Hall–Kier alpha value is -0.385. The quantitative estimate of drug-likeness (QED) is 0.697. The van der Waals surface area contributed by atoms with Gasteiger partial charge in [0.05, 0.1) is 0 Å². The molecule has 0 radical (unpaired) electrons. The van der Waals surface area contributed by atoms with Gasteiger partial charge < -0.3 is 0 Å². The normalized spacial score (nSPS) is 9.11. The first-order chi connectivity index (χ1) is 4.33. The van der Waals surface area contributed by atoms with Crippen molar-refractivity contribution in [3.63, 3.8) is 0 Å². The van der Waals surface area contributed by atoms with Gasteiger partial charge in [-0.2, -0.15) is 0 Å². The molecule has 0 aliphatic carbocycles. The predicted molar refractivity (Wildman–Crippen MR) is 28.5 cm³/mol. The Bertz CT molecular complexity index is 246. The van der Waals surface area contributed by atoms with Crippen molar-refractivity contribution >= 4 is 5.82 Å². The summed E-state index contributed by atoms with van der Waals surface area (Å²) in [5.74, 6) is 0.669. The average Bonchev–Trinajstić information content (AvgIpc) is 1.88. The Morgan fingerprint density at radius 3 is 3.00 bits per heavy atom. The topological polar surface area (TPSA) is 57.8 Å². The number of H-pyrrole nitrogens is 1. The minimum absolute atomic E-state index is 0.301. The number of aromatic nitrogens is 2. The van der Waals surface area contributed by atoms with Crippen LogP contribution in [-0.4, -0.2) is 9.97 Å². The van der Waals surface area contributed by atoms with Gasteiger partial charge in [0.25, 0.3) is 0 Å². The summed E-state index contributed by atoms with van der Waals surface area (Å²) in [4.78, 5) is 16.5. The summed E-state index contributed by atoms with van der Waals surface area (Å²) >= 11 is 0.449. The zero-order chi connectivity index (χ0) is 6.69. The van der Waals surface area contributed by atoms with Crippen molar-refractivity contribution in [2.75, 3.05) is 3.08 Å². The van der Waals surface area contributed by atoms with E-state index in [2.05, 4.69) is 13.0 Å². The maximum absolute atomic E-state index is 10.5. The van der Waals surface area contributed by atoms with Gasteiger partial charge in [0, 0.05) is 0 Å². The SMILES string of the molecule is O=c1nc([NH][Hg])cc[nH]1. The van der Waals surface area contributed by atoms with Gasteiger partial charge in [-0.15, -0.1) is 0 Å². The number of hydrogen-bond donors (Lipinski definition) is 2. The molecule has 1 rings (SSSR count). The zero-order valence-electron chi connectivity index (χ0n) is 4.72. The fourth-order valence-corrected chi connectivity index (χ4v) is 1.23. The summed E-state index contributed by atoms with van der Waals surface area (Å²) in [7, 11) is 0. The van der Waals surface area contributed by atoms with Crippen LogP contribution in [-0.2, 0) is 26.4 Å². The summed E-state index contributed by atoms with van der Waals surface area (Å²) in [5, 5.41) is 0. The number of nitrogens with one attached hydrogen (secondary N) is 2. The Morgan fingerprint density at radius 2 is 2.56 bits per heavy atom. The maximum atomic E-state index is 10.5. The molecule has 9 heavy (non-hydrogen) atoms. The number of hydrogen-bond acceptors (Lipinski definition) is 3. The van der Waals surface area contributed by atoms with E-state index in [1.165, 1.54) is 0 Å². The second-order valence-electron chi connectivity index (χ2n) is 1.46. The van der Waals surface area contributed by atoms with Gasteiger partial charge >= 0.3 is 68.0 Å². The molecule has 0 spiro atoms. The van der Waals surface area contributed by atoms with Crippen LogP contribution in [0.2, 0.25) is 0 Å². The first kappa shape index (κ1) is 6.73. The van der Waals surface area contributed by atoms with Crippen LogP contribution in [0.5, 0.6) is 0 Å². The van der Waals surface area contributed by atoms with Crippen molar-refractivity contribution in [2.45, 2.75) is 0 Å². The van der Waals surface area contributed by atoms with Crippen molar-refractivity contribution < 1.29 is 26.4 Å². The summed E-state index contributed by atoms with van der Waals surface area (Å²) in [6.45, 7) is 0. The van der Waals surface area contributed by atoms with E-state index in [-0.39, 0.29) is 5.69 Å². The molecule has 0 saturated carbocycles. The number of nitrogens with zero attached hydrogens (tertiary/aromatic N) is 1. The molecule has 43 valence electrons. The van der Waals surface area contributed by atoms with Gasteiger partial charge in [-0.1, -0.05) is 0 Å². The molecule has 0 aliphatic rings. The van der Waals surface area contributed by atoms with E-state index < -0.39 is 0 Å². The van der Waals surface area contributed by atoms with Crippen LogP contribution >= 0.6 is 0 Å². The molecular formula is C4H4HgN3O. The van der Waals surface area contributed by atoms with E-state index in [1.54, 1.807) is 12.3 Å². The van der Waals surface area contributed by atoms with Crippen LogP contribution in [0.25, 0.3) is 0 Å². The molecule has 0 unspecified atom stereocenters. The first-order valence-electron chi connectivity index (χ1n) is 2.42. The molecule has 0 aliphatic heterocycles. The molecule has 1 heterocycles. The van der Waals surface area contributed by atoms with Crippen LogP contribution < -0.4 is 8.77 Å². The molecule has 1 aromatic heterocycles. The molecule has 0 fully saturated rings. The van der Waals surface area contributed by atoms with Gasteiger partial charge in [-0.25, -0.2) is 0 Å². The third kappa shape index (κ3) is 1.78. The molecule has 0 amide bonds. The van der Waals surface area contributed by atoms with Gasteiger partial charge in [0.1, 0.15) is 0 Å². The van der Waals surface area contributed by atoms with Crippen LogP contribution in [0.4, 0.5) is 5.82 Å². The van der Waals surface area contributed by atoms with Gasteiger partial charge in [-0.3, -0.25) is 0 Å². The van der Waals surface area contributed by atoms with Crippen molar-refractivity contribution in [2.24, 2.45) is 0 Å². The fourth-order valence-electron chi connectivity index (χ4n) is 0.469. The first-order valence-corrected chi connectivity index (χ1v) is 5.16.